The van der Waals surface area contributed by atoms with Crippen molar-refractivity contribution in [1.29, 1.82) is 0 Å². The minimum absolute atomic E-state index is 0.0846. The molecule has 80 valence electrons. The van der Waals surface area contributed by atoms with Crippen LogP contribution in [-0.4, -0.2) is 22.0 Å². The molecule has 0 aliphatic carbocycles. The predicted molar refractivity (Wildman–Crippen MR) is 53.7 cm³/mol. The zero-order chi connectivity index (χ0) is 11.4. The van der Waals surface area contributed by atoms with Crippen molar-refractivity contribution in [2.24, 2.45) is 0 Å². The van der Waals surface area contributed by atoms with E-state index in [9.17, 15) is 14.7 Å². The number of Topliss-reactive ketones (excluding diaryl/α,β-unsaturated/α-hetero) is 1. The van der Waals surface area contributed by atoms with Gasteiger partial charge in [-0.25, -0.2) is 0 Å². The zero-order valence-electron chi connectivity index (χ0n) is 7.93. The fraction of sp³-hybridized carbons (Fsp3) is 0.200. The minimum atomic E-state index is -1.02. The van der Waals surface area contributed by atoms with Crippen molar-refractivity contribution in [3.8, 4) is 5.75 Å². The molecule has 0 bridgehead atoms. The molecule has 0 saturated heterocycles. The number of hydrogen-bond donors (Lipinski definition) is 3. The van der Waals surface area contributed by atoms with E-state index in [0.29, 0.717) is 0 Å². The van der Waals surface area contributed by atoms with Gasteiger partial charge >= 0.3 is 5.97 Å². The fourth-order valence-electron chi connectivity index (χ4n) is 1.08. The van der Waals surface area contributed by atoms with Gasteiger partial charge in [-0.15, -0.1) is 0 Å². The topological polar surface area (TPSA) is 101 Å². The Morgan fingerprint density at radius 3 is 2.47 bits per heavy atom. The van der Waals surface area contributed by atoms with E-state index in [0.717, 1.165) is 0 Å². The van der Waals surface area contributed by atoms with E-state index in [2.05, 4.69) is 0 Å². The smallest absolute Gasteiger partial charge is 0.303 e. The summed E-state index contributed by atoms with van der Waals surface area (Å²) in [7, 11) is 0. The Balaban J connectivity index is 2.74. The molecule has 1 rings (SSSR count). The lowest BCUT2D eigenvalue weighted by Crippen LogP contribution is -2.03. The van der Waals surface area contributed by atoms with Crippen LogP contribution in [0.5, 0.6) is 5.75 Å². The Morgan fingerprint density at radius 2 is 1.93 bits per heavy atom. The molecule has 0 unspecified atom stereocenters. The third-order valence-corrected chi connectivity index (χ3v) is 1.92. The van der Waals surface area contributed by atoms with Gasteiger partial charge in [0.1, 0.15) is 5.75 Å². The van der Waals surface area contributed by atoms with Crippen LogP contribution in [0.1, 0.15) is 23.2 Å². The number of anilines is 1. The summed E-state index contributed by atoms with van der Waals surface area (Å²) in [6, 6.07) is 4.10. The zero-order valence-corrected chi connectivity index (χ0v) is 7.93. The van der Waals surface area contributed by atoms with E-state index in [1.54, 1.807) is 0 Å². The number of rotatable bonds is 4. The van der Waals surface area contributed by atoms with Gasteiger partial charge in [0.2, 0.25) is 0 Å². The van der Waals surface area contributed by atoms with E-state index in [1.807, 2.05) is 0 Å². The molecule has 1 aromatic carbocycles. The second kappa shape index (κ2) is 4.45. The highest BCUT2D eigenvalue weighted by Gasteiger charge is 2.09. The number of benzene rings is 1. The number of nitrogens with two attached hydrogens (primary N) is 1. The molecule has 4 N–H and O–H groups in total. The molecule has 1 aromatic rings. The number of carboxylic acids is 1. The Hall–Kier alpha value is -2.04. The first-order valence-corrected chi connectivity index (χ1v) is 4.34. The molecular weight excluding hydrogens is 198 g/mol. The number of carboxylic acid groups (broad SMARTS) is 1. The Labute approximate surface area is 86.1 Å². The minimum Gasteiger partial charge on any atom is -0.506 e. The van der Waals surface area contributed by atoms with Crippen LogP contribution < -0.4 is 5.73 Å². The first-order valence-electron chi connectivity index (χ1n) is 4.34. The number of ketones is 1. The second-order valence-corrected chi connectivity index (χ2v) is 3.09. The molecule has 5 heteroatoms. The highest BCUT2D eigenvalue weighted by Crippen LogP contribution is 2.21. The van der Waals surface area contributed by atoms with E-state index >= 15 is 0 Å². The summed E-state index contributed by atoms with van der Waals surface area (Å²) in [5.41, 5.74) is 5.81. The summed E-state index contributed by atoms with van der Waals surface area (Å²) < 4.78 is 0. The molecule has 0 atom stereocenters. The first-order chi connectivity index (χ1) is 7.00. The molecule has 0 radical (unpaired) electrons. The molecule has 0 aliphatic rings. The third-order valence-electron chi connectivity index (χ3n) is 1.92. The van der Waals surface area contributed by atoms with E-state index in [4.69, 9.17) is 10.8 Å². The quantitative estimate of drug-likeness (QED) is 0.390. The lowest BCUT2D eigenvalue weighted by Gasteiger charge is -2.02. The maximum absolute atomic E-state index is 11.4. The molecule has 0 saturated carbocycles. The standard InChI is InChI=1S/C10H11NO4/c11-7-2-1-6(5-9(7)13)8(12)3-4-10(14)15/h1-2,5,13H,3-4,11H2,(H,14,15). The Bertz CT molecular complexity index is 400. The summed E-state index contributed by atoms with van der Waals surface area (Å²) in [5, 5.41) is 17.6. The summed E-state index contributed by atoms with van der Waals surface area (Å²) in [5.74, 6) is -1.52. The van der Waals surface area contributed by atoms with Crippen molar-refractivity contribution in [3.63, 3.8) is 0 Å². The SMILES string of the molecule is Nc1ccc(C(=O)CCC(=O)O)cc1O. The summed E-state index contributed by atoms with van der Waals surface area (Å²) in [6.45, 7) is 0. The van der Waals surface area contributed by atoms with Gasteiger partial charge < -0.3 is 15.9 Å². The van der Waals surface area contributed by atoms with Gasteiger partial charge in [0, 0.05) is 12.0 Å². The molecule has 0 aliphatic heterocycles. The Morgan fingerprint density at radius 1 is 1.27 bits per heavy atom. The van der Waals surface area contributed by atoms with Crippen LogP contribution in [0.15, 0.2) is 18.2 Å². The maximum Gasteiger partial charge on any atom is 0.303 e. The average Bonchev–Trinajstić information content (AvgIpc) is 2.18. The van der Waals surface area contributed by atoms with Crippen molar-refractivity contribution in [2.75, 3.05) is 5.73 Å². The van der Waals surface area contributed by atoms with Crippen LogP contribution in [0.2, 0.25) is 0 Å². The molecular formula is C10H11NO4. The van der Waals surface area contributed by atoms with Crippen LogP contribution in [0.4, 0.5) is 5.69 Å². The van der Waals surface area contributed by atoms with Crippen LogP contribution in [0.3, 0.4) is 0 Å². The summed E-state index contributed by atoms with van der Waals surface area (Å²) in [6.07, 6.45) is -0.303. The van der Waals surface area contributed by atoms with Gasteiger partial charge in [0.25, 0.3) is 0 Å². The van der Waals surface area contributed by atoms with Gasteiger partial charge in [-0.3, -0.25) is 9.59 Å². The van der Waals surface area contributed by atoms with Crippen molar-refractivity contribution in [3.05, 3.63) is 23.8 Å². The number of aromatic hydroxyl groups is 1. The number of phenolic OH excluding ortho intramolecular Hbond substituents is 1. The highest BCUT2D eigenvalue weighted by atomic mass is 16.4. The largest absolute Gasteiger partial charge is 0.506 e. The third kappa shape index (κ3) is 2.98. The van der Waals surface area contributed by atoms with Crippen molar-refractivity contribution >= 4 is 17.4 Å². The average molecular weight is 209 g/mol. The van der Waals surface area contributed by atoms with Crippen LogP contribution in [-0.2, 0) is 4.79 Å². The number of phenols is 1. The highest BCUT2D eigenvalue weighted by molar-refractivity contribution is 5.98. The first kappa shape index (κ1) is 11.0. The molecule has 0 heterocycles. The molecule has 0 fully saturated rings. The normalized spacial score (nSPS) is 9.87. The number of hydrogen-bond acceptors (Lipinski definition) is 4. The predicted octanol–water partition coefficient (Wildman–Crippen LogP) is 1.02. The van der Waals surface area contributed by atoms with Gasteiger partial charge in [0.15, 0.2) is 5.78 Å². The molecule has 0 spiro atoms. The van der Waals surface area contributed by atoms with Crippen LogP contribution in [0.25, 0.3) is 0 Å². The second-order valence-electron chi connectivity index (χ2n) is 3.09. The Kier molecular flexibility index (Phi) is 3.28. The molecule has 5 nitrogen and oxygen atoms in total. The fourth-order valence-corrected chi connectivity index (χ4v) is 1.08. The van der Waals surface area contributed by atoms with Gasteiger partial charge in [-0.05, 0) is 18.2 Å². The monoisotopic (exact) mass is 209 g/mol. The number of nitrogen functional groups attached to an aromatic ring is 1. The molecule has 0 aromatic heterocycles. The molecule has 0 amide bonds. The maximum atomic E-state index is 11.4. The van der Waals surface area contributed by atoms with E-state index in [1.165, 1.54) is 18.2 Å². The summed E-state index contributed by atoms with van der Waals surface area (Å²) in [4.78, 5) is 21.6. The van der Waals surface area contributed by atoms with Crippen molar-refractivity contribution in [2.45, 2.75) is 12.8 Å². The number of carbonyl (C=O) groups is 2. The van der Waals surface area contributed by atoms with Crippen molar-refractivity contribution in [1.82, 2.24) is 0 Å². The van der Waals surface area contributed by atoms with E-state index < -0.39 is 5.97 Å². The van der Waals surface area contributed by atoms with Gasteiger partial charge in [0.05, 0.1) is 12.1 Å². The summed E-state index contributed by atoms with van der Waals surface area (Å²) >= 11 is 0. The molecule has 15 heavy (non-hydrogen) atoms. The van der Waals surface area contributed by atoms with Gasteiger partial charge in [-0.1, -0.05) is 0 Å². The van der Waals surface area contributed by atoms with Crippen LogP contribution in [0, 0.1) is 0 Å². The van der Waals surface area contributed by atoms with E-state index in [-0.39, 0.29) is 35.6 Å². The lowest BCUT2D eigenvalue weighted by molar-refractivity contribution is -0.136. The number of carbonyl (C=O) groups excluding carboxylic acids is 1. The number of aliphatic carboxylic acids is 1. The lowest BCUT2D eigenvalue weighted by atomic mass is 10.1. The van der Waals surface area contributed by atoms with Crippen LogP contribution >= 0.6 is 0 Å². The van der Waals surface area contributed by atoms with Gasteiger partial charge in [-0.2, -0.15) is 0 Å². The van der Waals surface area contributed by atoms with Crippen molar-refractivity contribution < 1.29 is 19.8 Å².